The van der Waals surface area contributed by atoms with Gasteiger partial charge < -0.3 is 20.7 Å². The van der Waals surface area contributed by atoms with Crippen LogP contribution < -0.4 is 16.0 Å². The molecule has 5 nitrogen and oxygen atoms in total. The van der Waals surface area contributed by atoms with Crippen LogP contribution >= 0.6 is 11.3 Å². The van der Waals surface area contributed by atoms with Crippen LogP contribution in [0.3, 0.4) is 0 Å². The van der Waals surface area contributed by atoms with Crippen LogP contribution in [0, 0.1) is 0 Å². The van der Waals surface area contributed by atoms with Gasteiger partial charge in [-0.3, -0.25) is 4.79 Å². The molecule has 1 aliphatic heterocycles. The van der Waals surface area contributed by atoms with Crippen molar-refractivity contribution in [1.82, 2.24) is 0 Å². The van der Waals surface area contributed by atoms with Gasteiger partial charge in [0.05, 0.1) is 29.5 Å². The molecule has 1 saturated heterocycles. The third kappa shape index (κ3) is 3.30. The molecule has 1 fully saturated rings. The number of hydrogen-bond donors (Lipinski definition) is 2. The molecular weight excluding hydrogens is 298 g/mol. The Balaban J connectivity index is 1.87. The van der Waals surface area contributed by atoms with E-state index < -0.39 is 0 Å². The van der Waals surface area contributed by atoms with Gasteiger partial charge in [-0.25, -0.2) is 0 Å². The summed E-state index contributed by atoms with van der Waals surface area (Å²) < 4.78 is 5.40. The third-order valence-electron chi connectivity index (χ3n) is 3.64. The summed E-state index contributed by atoms with van der Waals surface area (Å²) in [5, 5.41) is 4.92. The van der Waals surface area contributed by atoms with Crippen molar-refractivity contribution in [2.45, 2.75) is 6.54 Å². The zero-order chi connectivity index (χ0) is 15.4. The average molecular weight is 317 g/mol. The van der Waals surface area contributed by atoms with Gasteiger partial charge in [0.15, 0.2) is 0 Å². The Morgan fingerprint density at radius 2 is 2.14 bits per heavy atom. The Morgan fingerprint density at radius 3 is 2.82 bits per heavy atom. The van der Waals surface area contributed by atoms with Gasteiger partial charge in [-0.05, 0) is 29.1 Å². The minimum atomic E-state index is -0.0846. The normalized spacial score (nSPS) is 14.9. The van der Waals surface area contributed by atoms with Crippen molar-refractivity contribution in [1.29, 1.82) is 0 Å². The maximum atomic E-state index is 12.3. The molecule has 0 saturated carbocycles. The number of nitrogens with zero attached hydrogens (tertiary/aromatic N) is 1. The average Bonchev–Trinajstić information content (AvgIpc) is 3.10. The molecule has 0 unspecified atom stereocenters. The minimum Gasteiger partial charge on any atom is -0.378 e. The second-order valence-electron chi connectivity index (χ2n) is 5.09. The highest BCUT2D eigenvalue weighted by molar-refractivity contribution is 7.12. The number of thiophene rings is 1. The SMILES string of the molecule is NCc1ccc(N2CCOCC2)c(NC(=O)c2cccs2)c1. The van der Waals surface area contributed by atoms with Gasteiger partial charge in [-0.2, -0.15) is 0 Å². The largest absolute Gasteiger partial charge is 0.378 e. The van der Waals surface area contributed by atoms with E-state index >= 15 is 0 Å². The molecule has 0 aliphatic carbocycles. The summed E-state index contributed by atoms with van der Waals surface area (Å²) in [7, 11) is 0. The topological polar surface area (TPSA) is 67.6 Å². The Bertz CT molecular complexity index is 637. The maximum absolute atomic E-state index is 12.3. The van der Waals surface area contributed by atoms with Crippen LogP contribution in [0.25, 0.3) is 0 Å². The van der Waals surface area contributed by atoms with E-state index in [0.29, 0.717) is 24.6 Å². The van der Waals surface area contributed by atoms with Gasteiger partial charge in [0, 0.05) is 19.6 Å². The second-order valence-corrected chi connectivity index (χ2v) is 6.03. The first-order valence-electron chi connectivity index (χ1n) is 7.28. The zero-order valence-electron chi connectivity index (χ0n) is 12.2. The quantitative estimate of drug-likeness (QED) is 0.908. The summed E-state index contributed by atoms with van der Waals surface area (Å²) in [4.78, 5) is 15.3. The first-order valence-corrected chi connectivity index (χ1v) is 8.16. The molecule has 0 spiro atoms. The first kappa shape index (κ1) is 15.0. The third-order valence-corrected chi connectivity index (χ3v) is 4.51. The number of morpholine rings is 1. The molecule has 116 valence electrons. The number of carbonyl (C=O) groups excluding carboxylic acids is 1. The van der Waals surface area contributed by atoms with Crippen molar-refractivity contribution in [3.63, 3.8) is 0 Å². The lowest BCUT2D eigenvalue weighted by molar-refractivity contribution is 0.103. The number of amides is 1. The Hall–Kier alpha value is -1.89. The summed E-state index contributed by atoms with van der Waals surface area (Å²) in [6.07, 6.45) is 0. The van der Waals surface area contributed by atoms with E-state index in [1.165, 1.54) is 11.3 Å². The van der Waals surface area contributed by atoms with Crippen LogP contribution in [-0.4, -0.2) is 32.2 Å². The highest BCUT2D eigenvalue weighted by atomic mass is 32.1. The predicted molar refractivity (Wildman–Crippen MR) is 89.6 cm³/mol. The number of ether oxygens (including phenoxy) is 1. The molecule has 0 atom stereocenters. The van der Waals surface area contributed by atoms with Crippen LogP contribution in [0.2, 0.25) is 0 Å². The molecular formula is C16H19N3O2S. The van der Waals surface area contributed by atoms with Crippen LogP contribution in [0.5, 0.6) is 0 Å². The van der Waals surface area contributed by atoms with Gasteiger partial charge in [0.2, 0.25) is 0 Å². The Morgan fingerprint density at radius 1 is 1.32 bits per heavy atom. The number of hydrogen-bond acceptors (Lipinski definition) is 5. The van der Waals surface area contributed by atoms with Crippen molar-refractivity contribution in [2.75, 3.05) is 36.5 Å². The lowest BCUT2D eigenvalue weighted by Gasteiger charge is -2.30. The number of carbonyl (C=O) groups is 1. The van der Waals surface area contributed by atoms with E-state index in [1.54, 1.807) is 0 Å². The van der Waals surface area contributed by atoms with E-state index in [-0.39, 0.29) is 5.91 Å². The monoisotopic (exact) mass is 317 g/mol. The van der Waals surface area contributed by atoms with Crippen molar-refractivity contribution in [3.8, 4) is 0 Å². The lowest BCUT2D eigenvalue weighted by Crippen LogP contribution is -2.36. The van der Waals surface area contributed by atoms with Crippen molar-refractivity contribution >= 4 is 28.6 Å². The molecule has 2 heterocycles. The summed E-state index contributed by atoms with van der Waals surface area (Å²) in [6, 6.07) is 9.68. The second kappa shape index (κ2) is 6.91. The fourth-order valence-electron chi connectivity index (χ4n) is 2.48. The standard InChI is InChI=1S/C16H19N3O2S/c17-11-12-3-4-14(19-5-7-21-8-6-19)13(10-12)18-16(20)15-2-1-9-22-15/h1-4,9-10H,5-8,11,17H2,(H,18,20). The molecule has 1 amide bonds. The van der Waals surface area contributed by atoms with Crippen LogP contribution in [0.4, 0.5) is 11.4 Å². The van der Waals surface area contributed by atoms with Gasteiger partial charge >= 0.3 is 0 Å². The molecule has 1 aromatic carbocycles. The lowest BCUT2D eigenvalue weighted by atomic mass is 10.1. The first-order chi connectivity index (χ1) is 10.8. The highest BCUT2D eigenvalue weighted by Crippen LogP contribution is 2.29. The molecule has 2 aromatic rings. The molecule has 0 bridgehead atoms. The van der Waals surface area contributed by atoms with E-state index in [1.807, 2.05) is 35.7 Å². The van der Waals surface area contributed by atoms with Gasteiger partial charge in [-0.15, -0.1) is 11.3 Å². The molecule has 6 heteroatoms. The number of anilines is 2. The summed E-state index contributed by atoms with van der Waals surface area (Å²) >= 11 is 1.43. The predicted octanol–water partition coefficient (Wildman–Crippen LogP) is 2.30. The molecule has 0 radical (unpaired) electrons. The number of nitrogens with two attached hydrogens (primary N) is 1. The van der Waals surface area contributed by atoms with Crippen molar-refractivity contribution in [2.24, 2.45) is 5.73 Å². The van der Waals surface area contributed by atoms with E-state index in [4.69, 9.17) is 10.5 Å². The van der Waals surface area contributed by atoms with Crippen LogP contribution in [-0.2, 0) is 11.3 Å². The van der Waals surface area contributed by atoms with Gasteiger partial charge in [0.1, 0.15) is 0 Å². The molecule has 22 heavy (non-hydrogen) atoms. The van der Waals surface area contributed by atoms with Crippen LogP contribution in [0.1, 0.15) is 15.2 Å². The van der Waals surface area contributed by atoms with E-state index in [9.17, 15) is 4.79 Å². The van der Waals surface area contributed by atoms with Crippen molar-refractivity contribution < 1.29 is 9.53 Å². The maximum Gasteiger partial charge on any atom is 0.265 e. The number of nitrogens with one attached hydrogen (secondary N) is 1. The molecule has 3 N–H and O–H groups in total. The summed E-state index contributed by atoms with van der Waals surface area (Å²) in [5.41, 5.74) is 8.55. The highest BCUT2D eigenvalue weighted by Gasteiger charge is 2.17. The fraction of sp³-hybridized carbons (Fsp3) is 0.312. The minimum absolute atomic E-state index is 0.0846. The summed E-state index contributed by atoms with van der Waals surface area (Å²) in [6.45, 7) is 3.51. The van der Waals surface area contributed by atoms with Gasteiger partial charge in [0.25, 0.3) is 5.91 Å². The Labute approximate surface area is 133 Å². The van der Waals surface area contributed by atoms with Gasteiger partial charge in [-0.1, -0.05) is 12.1 Å². The molecule has 1 aliphatic rings. The number of rotatable bonds is 4. The number of benzene rings is 1. The van der Waals surface area contributed by atoms with E-state index in [0.717, 1.165) is 30.0 Å². The molecule has 1 aromatic heterocycles. The van der Waals surface area contributed by atoms with Crippen molar-refractivity contribution in [3.05, 3.63) is 46.2 Å². The smallest absolute Gasteiger partial charge is 0.265 e. The zero-order valence-corrected chi connectivity index (χ0v) is 13.1. The fourth-order valence-corrected chi connectivity index (χ4v) is 3.10. The Kier molecular flexibility index (Phi) is 4.72. The van der Waals surface area contributed by atoms with Crippen LogP contribution in [0.15, 0.2) is 35.7 Å². The summed E-state index contributed by atoms with van der Waals surface area (Å²) in [5.74, 6) is -0.0846. The molecule has 3 rings (SSSR count). The van der Waals surface area contributed by atoms with E-state index in [2.05, 4.69) is 10.2 Å².